The number of aryl methyl sites for hydroxylation is 1. The summed E-state index contributed by atoms with van der Waals surface area (Å²) in [6.07, 6.45) is 0. The van der Waals surface area contributed by atoms with Gasteiger partial charge in [-0.3, -0.25) is 0 Å². The van der Waals surface area contributed by atoms with Crippen LogP contribution in [0.25, 0.3) is 10.9 Å². The van der Waals surface area contributed by atoms with Gasteiger partial charge < -0.3 is 9.73 Å². The number of nitrogens with zero attached hydrogens (tertiary/aromatic N) is 1. The van der Waals surface area contributed by atoms with E-state index in [0.717, 1.165) is 5.56 Å². The van der Waals surface area contributed by atoms with Crippen molar-refractivity contribution in [3.8, 4) is 0 Å². The number of aromatic nitrogens is 1. The molecule has 0 amide bonds. The summed E-state index contributed by atoms with van der Waals surface area (Å²) in [5.41, 5.74) is 1.32. The second-order valence-corrected chi connectivity index (χ2v) is 4.08. The number of nitrogens with one attached hydrogen (secondary N) is 1. The minimum Gasteiger partial charge on any atom is -0.389 e. The Morgan fingerprint density at radius 3 is 2.81 bits per heavy atom. The number of benzene rings is 1. The van der Waals surface area contributed by atoms with Crippen LogP contribution >= 0.6 is 0 Å². The van der Waals surface area contributed by atoms with E-state index in [1.54, 1.807) is 6.07 Å². The van der Waals surface area contributed by atoms with E-state index >= 15 is 0 Å². The average molecular weight is 218 g/mol. The van der Waals surface area contributed by atoms with Crippen molar-refractivity contribution >= 4 is 16.9 Å². The molecule has 0 fully saturated rings. The molecule has 0 saturated carbocycles. The Hall–Kier alpha value is -1.84. The van der Waals surface area contributed by atoms with E-state index in [9.17, 15) is 4.79 Å². The van der Waals surface area contributed by atoms with Crippen LogP contribution in [0.5, 0.6) is 0 Å². The number of hydrogen-bond acceptors (Lipinski definition) is 4. The van der Waals surface area contributed by atoms with Gasteiger partial charge in [0.1, 0.15) is 0 Å². The van der Waals surface area contributed by atoms with Gasteiger partial charge in [0, 0.05) is 6.04 Å². The van der Waals surface area contributed by atoms with Crippen LogP contribution in [0, 0.1) is 6.92 Å². The molecule has 1 aromatic carbocycles. The minimum absolute atomic E-state index is 0.178. The van der Waals surface area contributed by atoms with E-state index in [4.69, 9.17) is 4.42 Å². The smallest absolute Gasteiger partial charge is 0.348 e. The lowest BCUT2D eigenvalue weighted by molar-refractivity contribution is 0.511. The fraction of sp³-hybridized carbons (Fsp3) is 0.333. The van der Waals surface area contributed by atoms with Crippen LogP contribution in [0.2, 0.25) is 0 Å². The van der Waals surface area contributed by atoms with Gasteiger partial charge in [-0.05, 0) is 32.4 Å². The number of para-hydroxylation sites is 1. The van der Waals surface area contributed by atoms with Crippen molar-refractivity contribution in [1.29, 1.82) is 0 Å². The lowest BCUT2D eigenvalue weighted by atomic mass is 10.1. The van der Waals surface area contributed by atoms with E-state index in [2.05, 4.69) is 10.3 Å². The van der Waals surface area contributed by atoms with Gasteiger partial charge in [0.25, 0.3) is 6.01 Å². The third-order valence-corrected chi connectivity index (χ3v) is 2.27. The molecule has 4 heteroatoms. The molecule has 16 heavy (non-hydrogen) atoms. The van der Waals surface area contributed by atoms with E-state index in [-0.39, 0.29) is 17.7 Å². The summed E-state index contributed by atoms with van der Waals surface area (Å²) < 4.78 is 5.08. The highest BCUT2D eigenvalue weighted by Crippen LogP contribution is 2.15. The van der Waals surface area contributed by atoms with Crippen molar-refractivity contribution in [1.82, 2.24) is 4.98 Å². The second-order valence-electron chi connectivity index (χ2n) is 4.08. The maximum absolute atomic E-state index is 11.7. The standard InChI is InChI=1S/C12H14N2O2/c1-7(2)13-12-14-10-8(3)5-4-6-9(10)11(15)16-12/h4-7H,1-3H3,(H,13,14). The molecule has 1 N–H and O–H groups in total. The Morgan fingerprint density at radius 2 is 2.12 bits per heavy atom. The van der Waals surface area contributed by atoms with Gasteiger partial charge in [0.05, 0.1) is 10.9 Å². The van der Waals surface area contributed by atoms with Crippen molar-refractivity contribution in [3.63, 3.8) is 0 Å². The Morgan fingerprint density at radius 1 is 1.38 bits per heavy atom. The van der Waals surface area contributed by atoms with E-state index in [1.165, 1.54) is 0 Å². The zero-order chi connectivity index (χ0) is 11.7. The highest BCUT2D eigenvalue weighted by atomic mass is 16.4. The molecular formula is C12H14N2O2. The lowest BCUT2D eigenvalue weighted by Crippen LogP contribution is -2.14. The van der Waals surface area contributed by atoms with Crippen molar-refractivity contribution in [2.24, 2.45) is 0 Å². The Bertz CT molecular complexity index is 573. The zero-order valence-electron chi connectivity index (χ0n) is 9.57. The molecule has 0 aliphatic heterocycles. The molecule has 0 aliphatic rings. The summed E-state index contributed by atoms with van der Waals surface area (Å²) in [6.45, 7) is 5.85. The number of rotatable bonds is 2. The molecule has 0 bridgehead atoms. The predicted molar refractivity (Wildman–Crippen MR) is 63.8 cm³/mol. The van der Waals surface area contributed by atoms with Gasteiger partial charge in [0.2, 0.25) is 0 Å². The summed E-state index contributed by atoms with van der Waals surface area (Å²) in [4.78, 5) is 16.0. The molecular weight excluding hydrogens is 204 g/mol. The molecule has 0 unspecified atom stereocenters. The van der Waals surface area contributed by atoms with Crippen LogP contribution in [0.3, 0.4) is 0 Å². The fourth-order valence-electron chi connectivity index (χ4n) is 1.55. The quantitative estimate of drug-likeness (QED) is 0.840. The summed E-state index contributed by atoms with van der Waals surface area (Å²) in [5, 5.41) is 3.51. The van der Waals surface area contributed by atoms with Crippen LogP contribution < -0.4 is 10.9 Å². The highest BCUT2D eigenvalue weighted by Gasteiger charge is 2.08. The number of hydrogen-bond donors (Lipinski definition) is 1. The zero-order valence-corrected chi connectivity index (χ0v) is 9.57. The monoisotopic (exact) mass is 218 g/mol. The van der Waals surface area contributed by atoms with Crippen molar-refractivity contribution in [2.45, 2.75) is 26.8 Å². The summed E-state index contributed by atoms with van der Waals surface area (Å²) in [7, 11) is 0. The number of fused-ring (bicyclic) bond motifs is 1. The van der Waals surface area contributed by atoms with Crippen LogP contribution in [0.4, 0.5) is 6.01 Å². The predicted octanol–water partition coefficient (Wildman–Crippen LogP) is 2.32. The van der Waals surface area contributed by atoms with Crippen LogP contribution in [0.1, 0.15) is 19.4 Å². The van der Waals surface area contributed by atoms with E-state index in [0.29, 0.717) is 10.9 Å². The van der Waals surface area contributed by atoms with Crippen LogP contribution in [-0.4, -0.2) is 11.0 Å². The van der Waals surface area contributed by atoms with Gasteiger partial charge in [-0.25, -0.2) is 4.79 Å². The molecule has 1 aromatic heterocycles. The Kier molecular flexibility index (Phi) is 2.64. The molecule has 0 saturated heterocycles. The third-order valence-electron chi connectivity index (χ3n) is 2.27. The Balaban J connectivity index is 2.66. The fourth-order valence-corrected chi connectivity index (χ4v) is 1.55. The largest absolute Gasteiger partial charge is 0.389 e. The first-order valence-corrected chi connectivity index (χ1v) is 5.25. The molecule has 0 spiro atoms. The molecule has 0 radical (unpaired) electrons. The maximum atomic E-state index is 11.7. The first kappa shape index (κ1) is 10.7. The Labute approximate surface area is 93.3 Å². The SMILES string of the molecule is Cc1cccc2c(=O)oc(NC(C)C)nc12. The lowest BCUT2D eigenvalue weighted by Gasteiger charge is -2.08. The third kappa shape index (κ3) is 1.91. The van der Waals surface area contributed by atoms with E-state index in [1.807, 2.05) is 32.9 Å². The molecule has 0 aliphatic carbocycles. The summed E-state index contributed by atoms with van der Waals surface area (Å²) in [5.74, 6) is 0. The summed E-state index contributed by atoms with van der Waals surface area (Å²) in [6, 6.07) is 5.93. The van der Waals surface area contributed by atoms with Gasteiger partial charge in [-0.2, -0.15) is 4.98 Å². The van der Waals surface area contributed by atoms with Crippen LogP contribution in [0.15, 0.2) is 27.4 Å². The first-order valence-electron chi connectivity index (χ1n) is 5.25. The summed E-state index contributed by atoms with van der Waals surface area (Å²) >= 11 is 0. The normalized spacial score (nSPS) is 11.0. The molecule has 0 atom stereocenters. The first-order chi connectivity index (χ1) is 7.58. The van der Waals surface area contributed by atoms with Gasteiger partial charge >= 0.3 is 5.63 Å². The molecule has 2 aromatic rings. The van der Waals surface area contributed by atoms with Gasteiger partial charge in [0.15, 0.2) is 0 Å². The van der Waals surface area contributed by atoms with Crippen molar-refractivity contribution in [2.75, 3.05) is 5.32 Å². The van der Waals surface area contributed by atoms with E-state index < -0.39 is 0 Å². The minimum atomic E-state index is -0.350. The second kappa shape index (κ2) is 3.96. The molecule has 1 heterocycles. The topological polar surface area (TPSA) is 55.1 Å². The van der Waals surface area contributed by atoms with Gasteiger partial charge in [-0.15, -0.1) is 0 Å². The van der Waals surface area contributed by atoms with Gasteiger partial charge in [-0.1, -0.05) is 12.1 Å². The highest BCUT2D eigenvalue weighted by molar-refractivity contribution is 5.80. The number of anilines is 1. The molecule has 4 nitrogen and oxygen atoms in total. The van der Waals surface area contributed by atoms with Crippen molar-refractivity contribution in [3.05, 3.63) is 34.2 Å². The van der Waals surface area contributed by atoms with Crippen molar-refractivity contribution < 1.29 is 4.42 Å². The molecule has 84 valence electrons. The maximum Gasteiger partial charge on any atom is 0.348 e. The molecule has 2 rings (SSSR count). The van der Waals surface area contributed by atoms with Crippen LogP contribution in [-0.2, 0) is 0 Å². The average Bonchev–Trinajstić information content (AvgIpc) is 2.19.